The number of hydrogen-bond acceptors (Lipinski definition) is 2. The van der Waals surface area contributed by atoms with E-state index >= 15 is 0 Å². The summed E-state index contributed by atoms with van der Waals surface area (Å²) in [5, 5.41) is 21.6. The summed E-state index contributed by atoms with van der Waals surface area (Å²) in [5.41, 5.74) is 7.16. The van der Waals surface area contributed by atoms with E-state index in [1.54, 1.807) is 22.3 Å². The third-order valence-electron chi connectivity index (χ3n) is 11.6. The number of fused-ring (bicyclic) bond motifs is 2. The Morgan fingerprint density at radius 3 is 1.31 bits per heavy atom. The van der Waals surface area contributed by atoms with Crippen LogP contribution in [0.3, 0.4) is 0 Å². The van der Waals surface area contributed by atoms with Crippen molar-refractivity contribution in [3.8, 4) is 0 Å². The Kier molecular flexibility index (Phi) is 6.11. The molecule has 32 heavy (non-hydrogen) atoms. The van der Waals surface area contributed by atoms with Crippen molar-refractivity contribution >= 4 is 0 Å². The van der Waals surface area contributed by atoms with Gasteiger partial charge in [-0.2, -0.15) is 0 Å². The third kappa shape index (κ3) is 3.49. The van der Waals surface area contributed by atoms with Crippen molar-refractivity contribution in [1.82, 2.24) is 0 Å². The van der Waals surface area contributed by atoms with E-state index in [1.807, 2.05) is 0 Å². The van der Waals surface area contributed by atoms with Gasteiger partial charge in [0.1, 0.15) is 0 Å². The van der Waals surface area contributed by atoms with Crippen LogP contribution in [0.2, 0.25) is 0 Å². The summed E-state index contributed by atoms with van der Waals surface area (Å²) in [6, 6.07) is 0. The van der Waals surface area contributed by atoms with Crippen molar-refractivity contribution in [2.75, 3.05) is 0 Å². The molecule has 2 nitrogen and oxygen atoms in total. The van der Waals surface area contributed by atoms with Gasteiger partial charge >= 0.3 is 0 Å². The molecule has 2 N–H and O–H groups in total. The average molecular weight is 443 g/mol. The van der Waals surface area contributed by atoms with Crippen LogP contribution in [-0.2, 0) is 0 Å². The minimum atomic E-state index is -0.168. The zero-order valence-electron chi connectivity index (χ0n) is 22.3. The molecular formula is C30H50O2. The molecule has 4 aliphatic carbocycles. The summed E-state index contributed by atoms with van der Waals surface area (Å²) in [7, 11) is 0. The summed E-state index contributed by atoms with van der Waals surface area (Å²) in [6.45, 7) is 19.1. The van der Waals surface area contributed by atoms with Crippen LogP contribution >= 0.6 is 0 Å². The van der Waals surface area contributed by atoms with Crippen molar-refractivity contribution < 1.29 is 10.2 Å². The van der Waals surface area contributed by atoms with Crippen LogP contribution in [0.25, 0.3) is 0 Å². The van der Waals surface area contributed by atoms with E-state index in [1.165, 1.54) is 38.5 Å². The number of hydrogen-bond donors (Lipinski definition) is 2. The summed E-state index contributed by atoms with van der Waals surface area (Å²) in [5.74, 6) is 1.15. The van der Waals surface area contributed by atoms with Gasteiger partial charge in [-0.05, 0) is 112 Å². The lowest BCUT2D eigenvalue weighted by atomic mass is 9.47. The maximum absolute atomic E-state index is 10.8. The molecule has 0 aliphatic heterocycles. The molecule has 2 heteroatoms. The van der Waals surface area contributed by atoms with E-state index in [-0.39, 0.29) is 33.9 Å². The molecule has 0 unspecified atom stereocenters. The van der Waals surface area contributed by atoms with Crippen molar-refractivity contribution in [2.45, 2.75) is 132 Å². The van der Waals surface area contributed by atoms with Gasteiger partial charge in [-0.3, -0.25) is 0 Å². The average Bonchev–Trinajstić information content (AvgIpc) is 2.69. The molecule has 0 spiro atoms. The molecule has 0 saturated heterocycles. The number of allylic oxidation sites excluding steroid dienone is 4. The van der Waals surface area contributed by atoms with Gasteiger partial charge in [0.15, 0.2) is 0 Å². The minimum Gasteiger partial charge on any atom is -0.393 e. The van der Waals surface area contributed by atoms with Crippen molar-refractivity contribution in [3.05, 3.63) is 22.3 Å². The number of aliphatic hydroxyl groups excluding tert-OH is 2. The molecule has 0 amide bonds. The molecule has 4 rings (SSSR count). The highest BCUT2D eigenvalue weighted by atomic mass is 16.3. The standard InChI is InChI=1S/C30H50O2/c1-19-9-13-23-27(3,4)25(31)15-17-29(23,7)21(19)11-12-22-20(2)10-14-24-28(5,6)26(32)16-18-30(22,24)8/h23-26,31-32H,9-18H2,1-8H3/t23-,24-,25-,26-,29+,30+/m0/s1. The SMILES string of the molecule is CC1=C(CCC2=C(C)CC[C@H]3C(C)(C)[C@@H](O)CC[C@]23C)[C@@]2(C)CC[C@H](O)C(C)(C)[C@@H]2CC1. The summed E-state index contributed by atoms with van der Waals surface area (Å²) in [6.07, 6.45) is 11.0. The molecule has 0 aromatic heterocycles. The zero-order valence-corrected chi connectivity index (χ0v) is 22.3. The molecule has 0 bridgehead atoms. The molecule has 0 aromatic rings. The third-order valence-corrected chi connectivity index (χ3v) is 11.6. The highest BCUT2D eigenvalue weighted by molar-refractivity contribution is 5.32. The van der Waals surface area contributed by atoms with Crippen molar-refractivity contribution in [3.63, 3.8) is 0 Å². The van der Waals surface area contributed by atoms with Gasteiger partial charge in [0.2, 0.25) is 0 Å². The summed E-state index contributed by atoms with van der Waals surface area (Å²) < 4.78 is 0. The molecule has 6 atom stereocenters. The highest BCUT2D eigenvalue weighted by Gasteiger charge is 2.55. The summed E-state index contributed by atoms with van der Waals surface area (Å²) in [4.78, 5) is 0. The maximum atomic E-state index is 10.8. The summed E-state index contributed by atoms with van der Waals surface area (Å²) >= 11 is 0. The lowest BCUT2D eigenvalue weighted by Gasteiger charge is -2.58. The number of aliphatic hydroxyl groups is 2. The van der Waals surface area contributed by atoms with E-state index in [4.69, 9.17) is 0 Å². The van der Waals surface area contributed by atoms with Gasteiger partial charge in [0, 0.05) is 0 Å². The van der Waals surface area contributed by atoms with Crippen molar-refractivity contribution in [1.29, 1.82) is 0 Å². The second-order valence-electron chi connectivity index (χ2n) is 13.8. The molecule has 0 heterocycles. The van der Waals surface area contributed by atoms with Crippen LogP contribution in [0.1, 0.15) is 120 Å². The molecule has 2 saturated carbocycles. The van der Waals surface area contributed by atoms with Gasteiger partial charge in [0.25, 0.3) is 0 Å². The quantitative estimate of drug-likeness (QED) is 0.442. The van der Waals surface area contributed by atoms with Gasteiger partial charge in [0.05, 0.1) is 12.2 Å². The smallest absolute Gasteiger partial charge is 0.0594 e. The van der Waals surface area contributed by atoms with E-state index in [0.29, 0.717) is 11.8 Å². The van der Waals surface area contributed by atoms with Crippen molar-refractivity contribution in [2.24, 2.45) is 33.5 Å². The predicted octanol–water partition coefficient (Wildman–Crippen LogP) is 7.59. The lowest BCUT2D eigenvalue weighted by molar-refractivity contribution is -0.0917. The maximum Gasteiger partial charge on any atom is 0.0594 e. The fourth-order valence-corrected chi connectivity index (χ4v) is 9.42. The molecule has 0 radical (unpaired) electrons. The fraction of sp³-hybridized carbons (Fsp3) is 0.867. The minimum absolute atomic E-state index is 0.000417. The van der Waals surface area contributed by atoms with Crippen LogP contribution in [0, 0.1) is 33.5 Å². The van der Waals surface area contributed by atoms with Crippen LogP contribution < -0.4 is 0 Å². The molecule has 2 fully saturated rings. The normalized spacial score (nSPS) is 43.7. The molecular weight excluding hydrogens is 392 g/mol. The topological polar surface area (TPSA) is 40.5 Å². The largest absolute Gasteiger partial charge is 0.393 e. The Morgan fingerprint density at radius 2 is 0.969 bits per heavy atom. The molecule has 182 valence electrons. The Hall–Kier alpha value is -0.600. The van der Waals surface area contributed by atoms with Gasteiger partial charge in [-0.1, -0.05) is 63.8 Å². The zero-order chi connectivity index (χ0) is 23.7. The van der Waals surface area contributed by atoms with Crippen LogP contribution in [0.5, 0.6) is 0 Å². The highest BCUT2D eigenvalue weighted by Crippen LogP contribution is 2.63. The monoisotopic (exact) mass is 442 g/mol. The Morgan fingerprint density at radius 1 is 0.625 bits per heavy atom. The van der Waals surface area contributed by atoms with E-state index in [0.717, 1.165) is 25.7 Å². The van der Waals surface area contributed by atoms with Gasteiger partial charge < -0.3 is 10.2 Å². The first-order valence-corrected chi connectivity index (χ1v) is 13.5. The van der Waals surface area contributed by atoms with E-state index < -0.39 is 0 Å². The molecule has 4 aliphatic rings. The lowest BCUT2D eigenvalue weighted by Crippen LogP contribution is -2.52. The number of rotatable bonds is 3. The Labute approximate surface area is 198 Å². The van der Waals surface area contributed by atoms with Gasteiger partial charge in [-0.15, -0.1) is 0 Å². The van der Waals surface area contributed by atoms with E-state index in [9.17, 15) is 10.2 Å². The van der Waals surface area contributed by atoms with Gasteiger partial charge in [-0.25, -0.2) is 0 Å². The first kappa shape index (κ1) is 24.5. The van der Waals surface area contributed by atoms with Crippen LogP contribution in [-0.4, -0.2) is 22.4 Å². The Bertz CT molecular complexity index is 747. The first-order valence-electron chi connectivity index (χ1n) is 13.5. The Balaban J connectivity index is 1.62. The van der Waals surface area contributed by atoms with E-state index in [2.05, 4.69) is 55.4 Å². The van der Waals surface area contributed by atoms with Crippen LogP contribution in [0.4, 0.5) is 0 Å². The second kappa shape index (κ2) is 7.98. The molecule has 0 aromatic carbocycles. The fourth-order valence-electron chi connectivity index (χ4n) is 9.42. The second-order valence-corrected chi connectivity index (χ2v) is 13.8. The first-order chi connectivity index (χ1) is 14.8. The van der Waals surface area contributed by atoms with Crippen LogP contribution in [0.15, 0.2) is 22.3 Å². The predicted molar refractivity (Wildman–Crippen MR) is 134 cm³/mol.